The Morgan fingerprint density at radius 1 is 0.950 bits per heavy atom. The van der Waals surface area contributed by atoms with Gasteiger partial charge < -0.3 is 9.84 Å². The molecule has 0 bridgehead atoms. The number of aliphatic hydroxyl groups is 1. The fourth-order valence-electron chi connectivity index (χ4n) is 2.25. The highest BCUT2D eigenvalue weighted by atomic mass is 16.5. The molecule has 0 spiro atoms. The van der Waals surface area contributed by atoms with E-state index >= 15 is 0 Å². The molecule has 1 N–H and O–H groups in total. The van der Waals surface area contributed by atoms with Crippen LogP contribution in [0.2, 0.25) is 0 Å². The molecule has 3 rings (SSSR count). The Balaban J connectivity index is 1.91. The molecular formula is C17H15NO2. The molecule has 3 nitrogen and oxygen atoms in total. The molecule has 0 radical (unpaired) electrons. The van der Waals surface area contributed by atoms with E-state index in [0.717, 1.165) is 27.6 Å². The quantitative estimate of drug-likeness (QED) is 0.787. The molecule has 1 heterocycles. The number of benzene rings is 2. The number of aromatic nitrogens is 1. The second-order valence-corrected chi connectivity index (χ2v) is 4.57. The lowest BCUT2D eigenvalue weighted by Crippen LogP contribution is -1.99. The van der Waals surface area contributed by atoms with Gasteiger partial charge in [-0.2, -0.15) is 0 Å². The number of nitrogens with zero attached hydrogens (tertiary/aromatic N) is 1. The molecule has 1 aromatic heterocycles. The number of ether oxygens (including phenoxy) is 1. The van der Waals surface area contributed by atoms with E-state index in [1.54, 1.807) is 12.4 Å². The predicted molar refractivity (Wildman–Crippen MR) is 78.4 cm³/mol. The lowest BCUT2D eigenvalue weighted by Gasteiger charge is -2.12. The van der Waals surface area contributed by atoms with Gasteiger partial charge in [-0.25, -0.2) is 0 Å². The van der Waals surface area contributed by atoms with Crippen LogP contribution in [-0.4, -0.2) is 10.1 Å². The highest BCUT2D eigenvalue weighted by Crippen LogP contribution is 2.28. The van der Waals surface area contributed by atoms with Crippen LogP contribution in [0, 0.1) is 0 Å². The minimum atomic E-state index is -0.0347. The monoisotopic (exact) mass is 265 g/mol. The van der Waals surface area contributed by atoms with Gasteiger partial charge in [0.25, 0.3) is 0 Å². The van der Waals surface area contributed by atoms with Gasteiger partial charge in [0.2, 0.25) is 0 Å². The number of rotatable bonds is 4. The second-order valence-electron chi connectivity index (χ2n) is 4.57. The van der Waals surface area contributed by atoms with Crippen LogP contribution in [0.4, 0.5) is 0 Å². The molecule has 0 atom stereocenters. The third-order valence-electron chi connectivity index (χ3n) is 3.30. The zero-order valence-electron chi connectivity index (χ0n) is 11.0. The summed E-state index contributed by atoms with van der Waals surface area (Å²) in [6, 6.07) is 15.7. The second kappa shape index (κ2) is 5.72. The third-order valence-corrected chi connectivity index (χ3v) is 3.30. The first-order valence-corrected chi connectivity index (χ1v) is 6.51. The van der Waals surface area contributed by atoms with Crippen molar-refractivity contribution in [1.29, 1.82) is 0 Å². The Hall–Kier alpha value is -2.39. The molecule has 3 heteroatoms. The molecule has 0 aliphatic carbocycles. The van der Waals surface area contributed by atoms with Crippen LogP contribution in [0.5, 0.6) is 5.75 Å². The Kier molecular flexibility index (Phi) is 3.61. The van der Waals surface area contributed by atoms with Gasteiger partial charge in [0.05, 0.1) is 6.61 Å². The van der Waals surface area contributed by atoms with Gasteiger partial charge >= 0.3 is 0 Å². The first-order valence-electron chi connectivity index (χ1n) is 6.51. The molecule has 0 aliphatic heterocycles. The number of hydrogen-bond donors (Lipinski definition) is 1. The molecule has 0 fully saturated rings. The van der Waals surface area contributed by atoms with Crippen molar-refractivity contribution >= 4 is 10.8 Å². The molecule has 0 aliphatic rings. The fourth-order valence-corrected chi connectivity index (χ4v) is 2.25. The molecule has 0 amide bonds. The maximum Gasteiger partial charge on any atom is 0.125 e. The summed E-state index contributed by atoms with van der Waals surface area (Å²) in [6.07, 6.45) is 3.48. The van der Waals surface area contributed by atoms with Crippen LogP contribution in [-0.2, 0) is 13.2 Å². The summed E-state index contributed by atoms with van der Waals surface area (Å²) in [4.78, 5) is 3.98. The van der Waals surface area contributed by atoms with E-state index < -0.39 is 0 Å². The molecule has 0 saturated carbocycles. The van der Waals surface area contributed by atoms with Crippen molar-refractivity contribution in [3.63, 3.8) is 0 Å². The summed E-state index contributed by atoms with van der Waals surface area (Å²) in [6.45, 7) is 0.431. The normalized spacial score (nSPS) is 10.7. The number of pyridine rings is 1. The Morgan fingerprint density at radius 2 is 1.75 bits per heavy atom. The van der Waals surface area contributed by atoms with Crippen LogP contribution < -0.4 is 4.74 Å². The summed E-state index contributed by atoms with van der Waals surface area (Å²) < 4.78 is 5.83. The minimum Gasteiger partial charge on any atom is -0.489 e. The SMILES string of the molecule is OCc1c(OCc2ccncc2)ccc2ccccc12. The predicted octanol–water partition coefficient (Wildman–Crippen LogP) is 3.31. The summed E-state index contributed by atoms with van der Waals surface area (Å²) in [5, 5.41) is 11.8. The van der Waals surface area contributed by atoms with Gasteiger partial charge in [-0.3, -0.25) is 4.98 Å². The van der Waals surface area contributed by atoms with Crippen LogP contribution in [0.25, 0.3) is 10.8 Å². The zero-order chi connectivity index (χ0) is 13.8. The van der Waals surface area contributed by atoms with Crippen molar-refractivity contribution in [3.8, 4) is 5.75 Å². The van der Waals surface area contributed by atoms with Gasteiger partial charge in [0.15, 0.2) is 0 Å². The van der Waals surface area contributed by atoms with Gasteiger partial charge in [-0.15, -0.1) is 0 Å². The third kappa shape index (κ3) is 2.49. The van der Waals surface area contributed by atoms with Gasteiger partial charge in [0.1, 0.15) is 12.4 Å². The van der Waals surface area contributed by atoms with Crippen molar-refractivity contribution < 1.29 is 9.84 Å². The Bertz CT molecular complexity index is 711. The molecule has 20 heavy (non-hydrogen) atoms. The van der Waals surface area contributed by atoms with E-state index in [1.165, 1.54) is 0 Å². The van der Waals surface area contributed by atoms with E-state index in [1.807, 2.05) is 48.5 Å². The maximum absolute atomic E-state index is 9.62. The van der Waals surface area contributed by atoms with Gasteiger partial charge in [-0.05, 0) is 34.5 Å². The van der Waals surface area contributed by atoms with Gasteiger partial charge in [0, 0.05) is 18.0 Å². The summed E-state index contributed by atoms with van der Waals surface area (Å²) >= 11 is 0. The van der Waals surface area contributed by atoms with Crippen LogP contribution >= 0.6 is 0 Å². The first kappa shape index (κ1) is 12.6. The molecule has 100 valence electrons. The van der Waals surface area contributed by atoms with Crippen molar-refractivity contribution in [2.45, 2.75) is 13.2 Å². The van der Waals surface area contributed by atoms with Crippen molar-refractivity contribution in [3.05, 3.63) is 72.1 Å². The Morgan fingerprint density at radius 3 is 2.55 bits per heavy atom. The molecule has 3 aromatic rings. The average molecular weight is 265 g/mol. The summed E-state index contributed by atoms with van der Waals surface area (Å²) in [5.41, 5.74) is 1.88. The highest BCUT2D eigenvalue weighted by Gasteiger charge is 2.07. The minimum absolute atomic E-state index is 0.0347. The number of hydrogen-bond acceptors (Lipinski definition) is 3. The number of aliphatic hydroxyl groups excluding tert-OH is 1. The first-order chi connectivity index (χ1) is 9.88. The highest BCUT2D eigenvalue weighted by molar-refractivity contribution is 5.87. The summed E-state index contributed by atoms with van der Waals surface area (Å²) in [5.74, 6) is 0.725. The smallest absolute Gasteiger partial charge is 0.125 e. The molecule has 2 aromatic carbocycles. The largest absolute Gasteiger partial charge is 0.489 e. The van der Waals surface area contributed by atoms with E-state index in [4.69, 9.17) is 4.74 Å². The topological polar surface area (TPSA) is 42.4 Å². The molecular weight excluding hydrogens is 250 g/mol. The summed E-state index contributed by atoms with van der Waals surface area (Å²) in [7, 11) is 0. The van der Waals surface area contributed by atoms with Crippen molar-refractivity contribution in [2.75, 3.05) is 0 Å². The number of fused-ring (bicyclic) bond motifs is 1. The van der Waals surface area contributed by atoms with Crippen LogP contribution in [0.15, 0.2) is 60.9 Å². The lowest BCUT2D eigenvalue weighted by molar-refractivity contribution is 0.261. The van der Waals surface area contributed by atoms with E-state index in [9.17, 15) is 5.11 Å². The molecule has 0 unspecified atom stereocenters. The van der Waals surface area contributed by atoms with Gasteiger partial charge in [-0.1, -0.05) is 30.3 Å². The van der Waals surface area contributed by atoms with Crippen molar-refractivity contribution in [1.82, 2.24) is 4.98 Å². The van der Waals surface area contributed by atoms with E-state index in [0.29, 0.717) is 6.61 Å². The average Bonchev–Trinajstić information content (AvgIpc) is 2.53. The lowest BCUT2D eigenvalue weighted by atomic mass is 10.0. The molecule has 0 saturated heterocycles. The Labute approximate surface area is 117 Å². The zero-order valence-corrected chi connectivity index (χ0v) is 11.0. The van der Waals surface area contributed by atoms with E-state index in [-0.39, 0.29) is 6.61 Å². The maximum atomic E-state index is 9.62. The van der Waals surface area contributed by atoms with Crippen LogP contribution in [0.1, 0.15) is 11.1 Å². The van der Waals surface area contributed by atoms with E-state index in [2.05, 4.69) is 4.98 Å². The van der Waals surface area contributed by atoms with Crippen molar-refractivity contribution in [2.24, 2.45) is 0 Å². The fraction of sp³-hybridized carbons (Fsp3) is 0.118. The van der Waals surface area contributed by atoms with Crippen LogP contribution in [0.3, 0.4) is 0 Å². The standard InChI is InChI=1S/C17H15NO2/c19-11-16-15-4-2-1-3-14(15)5-6-17(16)20-12-13-7-9-18-10-8-13/h1-10,19H,11-12H2.